The van der Waals surface area contributed by atoms with Crippen LogP contribution in [0.4, 0.5) is 0 Å². The first-order chi connectivity index (χ1) is 7.09. The third kappa shape index (κ3) is 1.50. The van der Waals surface area contributed by atoms with Crippen LogP contribution in [0, 0.1) is 6.92 Å². The van der Waals surface area contributed by atoms with Gasteiger partial charge in [0, 0.05) is 4.88 Å². The molecule has 82 valence electrons. The summed E-state index contributed by atoms with van der Waals surface area (Å²) in [4.78, 5) is 1.02. The summed E-state index contributed by atoms with van der Waals surface area (Å²) in [6.07, 6.45) is 1.65. The number of thiophene rings is 1. The van der Waals surface area contributed by atoms with Crippen molar-refractivity contribution in [1.82, 2.24) is 0 Å². The van der Waals surface area contributed by atoms with Crippen molar-refractivity contribution in [3.8, 4) is 0 Å². The van der Waals surface area contributed by atoms with Crippen molar-refractivity contribution in [2.24, 2.45) is 0 Å². The van der Waals surface area contributed by atoms with Crippen LogP contribution in [0.25, 0.3) is 0 Å². The molecule has 1 unspecified atom stereocenters. The Hall–Kier alpha value is -0.800. The largest absolute Gasteiger partial charge is 0.498 e. The predicted octanol–water partition coefficient (Wildman–Crippen LogP) is 2.96. The number of aryl methyl sites for hydroxylation is 1. The Morgan fingerprint density at radius 1 is 1.47 bits per heavy atom. The number of aliphatic hydroxyl groups is 1. The first kappa shape index (κ1) is 10.7. The third-order valence-corrected chi connectivity index (χ3v) is 4.23. The fourth-order valence-corrected chi connectivity index (χ4v) is 3.36. The standard InChI is InChI=1S/C12H16O2S/c1-8-4-6-12(13,10(8)14-3)11-9(2)5-7-15-11/h5,7,13H,4,6H2,1-3H3. The Morgan fingerprint density at radius 2 is 2.20 bits per heavy atom. The SMILES string of the molecule is COC1=C(C)CCC1(O)c1sccc1C. The lowest BCUT2D eigenvalue weighted by atomic mass is 9.97. The molecule has 0 saturated heterocycles. The van der Waals surface area contributed by atoms with E-state index >= 15 is 0 Å². The molecule has 0 fully saturated rings. The van der Waals surface area contributed by atoms with Gasteiger partial charge in [-0.2, -0.15) is 0 Å². The number of allylic oxidation sites excluding steroid dienone is 1. The van der Waals surface area contributed by atoms with Crippen LogP contribution < -0.4 is 0 Å². The topological polar surface area (TPSA) is 29.5 Å². The summed E-state index contributed by atoms with van der Waals surface area (Å²) in [6.45, 7) is 4.06. The van der Waals surface area contributed by atoms with Crippen molar-refractivity contribution in [1.29, 1.82) is 0 Å². The van der Waals surface area contributed by atoms with Crippen LogP contribution >= 0.6 is 11.3 Å². The molecule has 0 bridgehead atoms. The van der Waals surface area contributed by atoms with Gasteiger partial charge >= 0.3 is 0 Å². The van der Waals surface area contributed by atoms with Crippen molar-refractivity contribution in [3.05, 3.63) is 33.2 Å². The fourth-order valence-electron chi connectivity index (χ4n) is 2.30. The first-order valence-corrected chi connectivity index (χ1v) is 5.98. The molecule has 15 heavy (non-hydrogen) atoms. The normalized spacial score (nSPS) is 26.1. The molecule has 0 aliphatic heterocycles. The number of ether oxygens (including phenoxy) is 1. The average molecular weight is 224 g/mol. The maximum absolute atomic E-state index is 10.7. The lowest BCUT2D eigenvalue weighted by Gasteiger charge is -2.25. The Bertz CT molecular complexity index is 406. The lowest BCUT2D eigenvalue weighted by molar-refractivity contribution is 0.0262. The van der Waals surface area contributed by atoms with Crippen molar-refractivity contribution in [2.75, 3.05) is 7.11 Å². The minimum absolute atomic E-state index is 0.739. The van der Waals surface area contributed by atoms with Gasteiger partial charge < -0.3 is 9.84 Å². The molecule has 0 spiro atoms. The van der Waals surface area contributed by atoms with E-state index in [2.05, 4.69) is 0 Å². The van der Waals surface area contributed by atoms with Gasteiger partial charge in [0.25, 0.3) is 0 Å². The van der Waals surface area contributed by atoms with Gasteiger partial charge in [-0.05, 0) is 49.3 Å². The summed E-state index contributed by atoms with van der Waals surface area (Å²) < 4.78 is 5.35. The molecule has 3 heteroatoms. The summed E-state index contributed by atoms with van der Waals surface area (Å²) >= 11 is 1.60. The average Bonchev–Trinajstić information content (AvgIpc) is 2.73. The van der Waals surface area contributed by atoms with E-state index in [9.17, 15) is 5.11 Å². The minimum atomic E-state index is -0.878. The van der Waals surface area contributed by atoms with Crippen LogP contribution in [-0.4, -0.2) is 12.2 Å². The van der Waals surface area contributed by atoms with Gasteiger partial charge in [-0.3, -0.25) is 0 Å². The van der Waals surface area contributed by atoms with E-state index in [0.717, 1.165) is 34.6 Å². The van der Waals surface area contributed by atoms with Crippen LogP contribution in [0.3, 0.4) is 0 Å². The van der Waals surface area contributed by atoms with Crippen molar-refractivity contribution < 1.29 is 9.84 Å². The summed E-state index contributed by atoms with van der Waals surface area (Å²) in [6, 6.07) is 2.04. The van der Waals surface area contributed by atoms with E-state index in [1.807, 2.05) is 25.3 Å². The lowest BCUT2D eigenvalue weighted by Crippen LogP contribution is -2.25. The molecule has 1 aliphatic rings. The highest BCUT2D eigenvalue weighted by molar-refractivity contribution is 7.10. The van der Waals surface area contributed by atoms with E-state index in [4.69, 9.17) is 4.74 Å². The highest BCUT2D eigenvalue weighted by Gasteiger charge is 2.42. The van der Waals surface area contributed by atoms with Crippen molar-refractivity contribution in [3.63, 3.8) is 0 Å². The van der Waals surface area contributed by atoms with Crippen LogP contribution in [0.5, 0.6) is 0 Å². The van der Waals surface area contributed by atoms with Crippen molar-refractivity contribution >= 4 is 11.3 Å². The van der Waals surface area contributed by atoms with Gasteiger partial charge in [-0.15, -0.1) is 11.3 Å². The van der Waals surface area contributed by atoms with Gasteiger partial charge in [0.15, 0.2) is 5.60 Å². The molecule has 1 N–H and O–H groups in total. The predicted molar refractivity (Wildman–Crippen MR) is 61.9 cm³/mol. The van der Waals surface area contributed by atoms with E-state index in [1.54, 1.807) is 18.4 Å². The van der Waals surface area contributed by atoms with Crippen LogP contribution in [0.2, 0.25) is 0 Å². The molecule has 2 nitrogen and oxygen atoms in total. The van der Waals surface area contributed by atoms with Gasteiger partial charge in [0.05, 0.1) is 7.11 Å². The van der Waals surface area contributed by atoms with Gasteiger partial charge in [0.1, 0.15) is 5.76 Å². The molecular formula is C12H16O2S. The van der Waals surface area contributed by atoms with E-state index in [-0.39, 0.29) is 0 Å². The molecule has 1 aromatic heterocycles. The van der Waals surface area contributed by atoms with E-state index in [0.29, 0.717) is 0 Å². The highest BCUT2D eigenvalue weighted by atomic mass is 32.1. The molecule has 1 aromatic rings. The summed E-state index contributed by atoms with van der Waals surface area (Å²) in [5.74, 6) is 0.744. The molecule has 0 amide bonds. The zero-order chi connectivity index (χ0) is 11.1. The summed E-state index contributed by atoms with van der Waals surface area (Å²) in [5.41, 5.74) is 1.43. The van der Waals surface area contributed by atoms with Gasteiger partial charge in [-0.25, -0.2) is 0 Å². The monoisotopic (exact) mass is 224 g/mol. The Balaban J connectivity index is 2.49. The second-order valence-corrected chi connectivity index (χ2v) is 5.02. The summed E-state index contributed by atoms with van der Waals surface area (Å²) in [5, 5.41) is 12.7. The number of rotatable bonds is 2. The first-order valence-electron chi connectivity index (χ1n) is 5.10. The number of hydrogen-bond acceptors (Lipinski definition) is 3. The quantitative estimate of drug-likeness (QED) is 0.837. The molecular weight excluding hydrogens is 208 g/mol. The Kier molecular flexibility index (Phi) is 2.61. The smallest absolute Gasteiger partial charge is 0.156 e. The maximum atomic E-state index is 10.7. The van der Waals surface area contributed by atoms with E-state index in [1.165, 1.54) is 0 Å². The number of hydrogen-bond donors (Lipinski definition) is 1. The minimum Gasteiger partial charge on any atom is -0.498 e. The van der Waals surface area contributed by atoms with Crippen LogP contribution in [0.1, 0.15) is 30.2 Å². The fraction of sp³-hybridized carbons (Fsp3) is 0.500. The summed E-state index contributed by atoms with van der Waals surface area (Å²) in [7, 11) is 1.64. The van der Waals surface area contributed by atoms with Crippen molar-refractivity contribution in [2.45, 2.75) is 32.3 Å². The molecule has 1 atom stereocenters. The molecule has 1 heterocycles. The molecule has 0 saturated carbocycles. The molecule has 1 aliphatic carbocycles. The third-order valence-electron chi connectivity index (χ3n) is 3.07. The molecule has 0 radical (unpaired) electrons. The Morgan fingerprint density at radius 3 is 2.73 bits per heavy atom. The zero-order valence-corrected chi connectivity index (χ0v) is 10.1. The maximum Gasteiger partial charge on any atom is 0.156 e. The highest BCUT2D eigenvalue weighted by Crippen LogP contribution is 2.46. The van der Waals surface area contributed by atoms with Crippen LogP contribution in [0.15, 0.2) is 22.8 Å². The second-order valence-electron chi connectivity index (χ2n) is 4.11. The zero-order valence-electron chi connectivity index (χ0n) is 9.33. The molecule has 0 aromatic carbocycles. The van der Waals surface area contributed by atoms with Crippen LogP contribution in [-0.2, 0) is 10.3 Å². The Labute approximate surface area is 94.2 Å². The second kappa shape index (κ2) is 3.65. The molecule has 2 rings (SSSR count). The van der Waals surface area contributed by atoms with E-state index < -0.39 is 5.60 Å². The number of methoxy groups -OCH3 is 1. The van der Waals surface area contributed by atoms with Gasteiger partial charge in [0.2, 0.25) is 0 Å². The van der Waals surface area contributed by atoms with Gasteiger partial charge in [-0.1, -0.05) is 0 Å².